The molecule has 10 heteroatoms. The zero-order valence-corrected chi connectivity index (χ0v) is 15.7. The first kappa shape index (κ1) is 24.2. The number of nitrogens with one attached hydrogen (secondary N) is 3. The normalized spacial score (nSPS) is 14.3. The predicted octanol–water partition coefficient (Wildman–Crippen LogP) is -2.27. The maximum atomic E-state index is 12.0. The van der Waals surface area contributed by atoms with Crippen LogP contribution in [0.25, 0.3) is 0 Å². The van der Waals surface area contributed by atoms with Gasteiger partial charge >= 0.3 is 0 Å². The number of carbonyl (C=O) groups excluding carboxylic acids is 3. The largest absolute Gasteiger partial charge is 0.394 e. The summed E-state index contributed by atoms with van der Waals surface area (Å²) in [6, 6.07) is -1.35. The summed E-state index contributed by atoms with van der Waals surface area (Å²) in [6.07, 6.45) is 0.902. The molecule has 0 aromatic heterocycles. The molecule has 0 heterocycles. The molecule has 0 aliphatic heterocycles. The van der Waals surface area contributed by atoms with Crippen LogP contribution in [-0.2, 0) is 23.9 Å². The van der Waals surface area contributed by atoms with E-state index in [1.54, 1.807) is 7.05 Å². The molecule has 0 aliphatic rings. The first-order valence-corrected chi connectivity index (χ1v) is 8.67. The Labute approximate surface area is 154 Å². The Morgan fingerprint density at radius 1 is 1.15 bits per heavy atom. The molecule has 0 fully saturated rings. The van der Waals surface area contributed by atoms with Gasteiger partial charge in [-0.2, -0.15) is 0 Å². The number of rotatable bonds is 15. The van der Waals surface area contributed by atoms with Gasteiger partial charge in [0, 0.05) is 6.54 Å². The quantitative estimate of drug-likeness (QED) is 0.202. The number of carbonyl (C=O) groups is 3. The second kappa shape index (κ2) is 14.4. The molecular formula is C16H32N4O6. The maximum absolute atomic E-state index is 12.0. The Morgan fingerprint density at radius 3 is 2.35 bits per heavy atom. The van der Waals surface area contributed by atoms with E-state index < -0.39 is 24.5 Å². The number of primary amides is 1. The molecule has 0 saturated carbocycles. The third kappa shape index (κ3) is 10.3. The first-order valence-electron chi connectivity index (χ1n) is 8.67. The van der Waals surface area contributed by atoms with Crippen LogP contribution in [0.15, 0.2) is 0 Å². The lowest BCUT2D eigenvalue weighted by Gasteiger charge is -2.21. The van der Waals surface area contributed by atoms with Crippen molar-refractivity contribution in [3.63, 3.8) is 0 Å². The van der Waals surface area contributed by atoms with Crippen molar-refractivity contribution >= 4 is 17.7 Å². The molecule has 3 unspecified atom stereocenters. The number of aliphatic hydroxyl groups excluding tert-OH is 1. The molecule has 0 bridgehead atoms. The summed E-state index contributed by atoms with van der Waals surface area (Å²) in [4.78, 5) is 34.3. The molecule has 26 heavy (non-hydrogen) atoms. The SMILES string of the molecule is CCC(C)C(NC)C(=O)NCCOCCOCC(=O)NC(CO)C(N)=O. The minimum atomic E-state index is -1.12. The van der Waals surface area contributed by atoms with Crippen LogP contribution in [0.5, 0.6) is 0 Å². The molecule has 3 atom stereocenters. The van der Waals surface area contributed by atoms with E-state index in [1.807, 2.05) is 13.8 Å². The standard InChI is InChI=1S/C16H32N4O6/c1-4-11(2)14(18-3)16(24)19-5-6-25-7-8-26-10-13(22)20-12(9-21)15(17)23/h11-12,14,18,21H,4-10H2,1-3H3,(H2,17,23)(H,19,24)(H,20,22). The van der Waals surface area contributed by atoms with E-state index >= 15 is 0 Å². The van der Waals surface area contributed by atoms with Gasteiger partial charge in [0.25, 0.3) is 0 Å². The van der Waals surface area contributed by atoms with Crippen molar-refractivity contribution in [2.75, 3.05) is 46.6 Å². The van der Waals surface area contributed by atoms with E-state index in [0.717, 1.165) is 6.42 Å². The summed E-state index contributed by atoms with van der Waals surface area (Å²) >= 11 is 0. The summed E-state index contributed by atoms with van der Waals surface area (Å²) in [7, 11) is 1.76. The lowest BCUT2D eigenvalue weighted by molar-refractivity contribution is -0.131. The smallest absolute Gasteiger partial charge is 0.246 e. The number of aliphatic hydroxyl groups is 1. The van der Waals surface area contributed by atoms with Crippen LogP contribution in [0.2, 0.25) is 0 Å². The molecular weight excluding hydrogens is 344 g/mol. The minimum absolute atomic E-state index is 0.0636. The molecule has 0 rings (SSSR count). The average Bonchev–Trinajstić information content (AvgIpc) is 2.61. The summed E-state index contributed by atoms with van der Waals surface area (Å²) in [5, 5.41) is 16.9. The molecule has 0 saturated heterocycles. The number of amides is 3. The molecule has 0 radical (unpaired) electrons. The lowest BCUT2D eigenvalue weighted by atomic mass is 9.99. The molecule has 3 amide bonds. The van der Waals surface area contributed by atoms with E-state index in [9.17, 15) is 14.4 Å². The number of hydrogen-bond acceptors (Lipinski definition) is 7. The number of nitrogens with two attached hydrogens (primary N) is 1. The zero-order chi connectivity index (χ0) is 19.9. The van der Waals surface area contributed by atoms with Gasteiger partial charge < -0.3 is 36.3 Å². The summed E-state index contributed by atoms with van der Waals surface area (Å²) in [5.41, 5.74) is 4.98. The average molecular weight is 376 g/mol. The van der Waals surface area contributed by atoms with Crippen molar-refractivity contribution < 1.29 is 29.0 Å². The molecule has 0 aliphatic carbocycles. The molecule has 0 aromatic carbocycles. The highest BCUT2D eigenvalue weighted by atomic mass is 16.5. The minimum Gasteiger partial charge on any atom is -0.394 e. The van der Waals surface area contributed by atoms with Crippen LogP contribution in [0.4, 0.5) is 0 Å². The molecule has 0 aromatic rings. The second-order valence-electron chi connectivity index (χ2n) is 5.81. The molecule has 10 nitrogen and oxygen atoms in total. The van der Waals surface area contributed by atoms with Crippen LogP contribution in [-0.4, -0.2) is 81.5 Å². The van der Waals surface area contributed by atoms with Crippen molar-refractivity contribution in [1.82, 2.24) is 16.0 Å². The van der Waals surface area contributed by atoms with Crippen molar-refractivity contribution in [2.24, 2.45) is 11.7 Å². The third-order valence-corrected chi connectivity index (χ3v) is 3.82. The van der Waals surface area contributed by atoms with E-state index in [1.165, 1.54) is 0 Å². The predicted molar refractivity (Wildman–Crippen MR) is 95.2 cm³/mol. The Balaban J connectivity index is 3.72. The molecule has 0 spiro atoms. The molecule has 152 valence electrons. The fourth-order valence-electron chi connectivity index (χ4n) is 2.09. The highest BCUT2D eigenvalue weighted by Gasteiger charge is 2.21. The Hall–Kier alpha value is -1.75. The fourth-order valence-corrected chi connectivity index (χ4v) is 2.09. The number of ether oxygens (including phenoxy) is 2. The maximum Gasteiger partial charge on any atom is 0.246 e. The lowest BCUT2D eigenvalue weighted by Crippen LogP contribution is -2.48. The van der Waals surface area contributed by atoms with Gasteiger partial charge in [-0.25, -0.2) is 0 Å². The van der Waals surface area contributed by atoms with Crippen LogP contribution < -0.4 is 21.7 Å². The highest BCUT2D eigenvalue weighted by Crippen LogP contribution is 2.06. The Kier molecular flexibility index (Phi) is 13.5. The second-order valence-corrected chi connectivity index (χ2v) is 5.81. The summed E-state index contributed by atoms with van der Waals surface area (Å²) in [6.45, 7) is 4.33. The van der Waals surface area contributed by atoms with Crippen molar-refractivity contribution in [3.05, 3.63) is 0 Å². The van der Waals surface area contributed by atoms with Crippen molar-refractivity contribution in [1.29, 1.82) is 0 Å². The summed E-state index contributed by atoms with van der Waals surface area (Å²) in [5.74, 6) is -1.20. The topological polar surface area (TPSA) is 152 Å². The van der Waals surface area contributed by atoms with E-state index in [2.05, 4.69) is 16.0 Å². The van der Waals surface area contributed by atoms with Gasteiger partial charge in [-0.05, 0) is 13.0 Å². The Bertz CT molecular complexity index is 435. The number of hydrogen-bond donors (Lipinski definition) is 5. The van der Waals surface area contributed by atoms with Crippen molar-refractivity contribution in [2.45, 2.75) is 32.4 Å². The number of likely N-dealkylation sites (N-methyl/N-ethyl adjacent to an activating group) is 1. The Morgan fingerprint density at radius 2 is 1.81 bits per heavy atom. The van der Waals surface area contributed by atoms with Gasteiger partial charge in [0.15, 0.2) is 0 Å². The molecule has 6 N–H and O–H groups in total. The van der Waals surface area contributed by atoms with E-state index in [-0.39, 0.29) is 37.7 Å². The van der Waals surface area contributed by atoms with Gasteiger partial charge in [-0.3, -0.25) is 14.4 Å². The highest BCUT2D eigenvalue weighted by molar-refractivity contribution is 5.87. The van der Waals surface area contributed by atoms with Gasteiger partial charge in [-0.1, -0.05) is 20.3 Å². The van der Waals surface area contributed by atoms with Gasteiger partial charge in [0.1, 0.15) is 12.6 Å². The van der Waals surface area contributed by atoms with Crippen LogP contribution in [0.3, 0.4) is 0 Å². The fraction of sp³-hybridized carbons (Fsp3) is 0.812. The third-order valence-electron chi connectivity index (χ3n) is 3.82. The van der Waals surface area contributed by atoms with Gasteiger partial charge in [-0.15, -0.1) is 0 Å². The van der Waals surface area contributed by atoms with Crippen LogP contribution >= 0.6 is 0 Å². The van der Waals surface area contributed by atoms with Gasteiger partial charge in [0.2, 0.25) is 17.7 Å². The van der Waals surface area contributed by atoms with Crippen molar-refractivity contribution in [3.8, 4) is 0 Å². The summed E-state index contributed by atoms with van der Waals surface area (Å²) < 4.78 is 10.4. The first-order chi connectivity index (χ1) is 12.4. The van der Waals surface area contributed by atoms with Gasteiger partial charge in [0.05, 0.1) is 32.5 Å². The van der Waals surface area contributed by atoms with Crippen LogP contribution in [0, 0.1) is 5.92 Å². The monoisotopic (exact) mass is 376 g/mol. The van der Waals surface area contributed by atoms with E-state index in [0.29, 0.717) is 13.2 Å². The zero-order valence-electron chi connectivity index (χ0n) is 15.7. The van der Waals surface area contributed by atoms with Crippen LogP contribution in [0.1, 0.15) is 20.3 Å². The van der Waals surface area contributed by atoms with E-state index in [4.69, 9.17) is 20.3 Å².